The number of benzene rings is 1. The highest BCUT2D eigenvalue weighted by Crippen LogP contribution is 2.13. The predicted molar refractivity (Wildman–Crippen MR) is 81.4 cm³/mol. The molecule has 0 atom stereocenters. The van der Waals surface area contributed by atoms with E-state index in [-0.39, 0.29) is 0 Å². The van der Waals surface area contributed by atoms with Crippen LogP contribution < -0.4 is 5.32 Å². The summed E-state index contributed by atoms with van der Waals surface area (Å²) in [5.74, 6) is 2.18. The summed E-state index contributed by atoms with van der Waals surface area (Å²) < 4.78 is 0. The van der Waals surface area contributed by atoms with Crippen molar-refractivity contribution in [3.05, 3.63) is 24.3 Å². The van der Waals surface area contributed by atoms with Crippen molar-refractivity contribution in [2.24, 2.45) is 0 Å². The molecule has 0 aliphatic rings. The molecule has 0 aliphatic heterocycles. The second-order valence-corrected chi connectivity index (χ2v) is 5.42. The van der Waals surface area contributed by atoms with Gasteiger partial charge in [-0.2, -0.15) is 11.8 Å². The van der Waals surface area contributed by atoms with E-state index in [9.17, 15) is 0 Å². The number of para-hydroxylation sites is 2. The van der Waals surface area contributed by atoms with Gasteiger partial charge in [0.05, 0.1) is 11.0 Å². The molecule has 0 saturated heterocycles. The summed E-state index contributed by atoms with van der Waals surface area (Å²) >= 11 is 1.93. The Labute approximate surface area is 113 Å². The number of anilines is 1. The summed E-state index contributed by atoms with van der Waals surface area (Å²) in [7, 11) is 0. The Hall–Kier alpha value is -1.16. The summed E-state index contributed by atoms with van der Waals surface area (Å²) in [6.45, 7) is 0.999. The fourth-order valence-electron chi connectivity index (χ4n) is 1.97. The van der Waals surface area contributed by atoms with E-state index in [2.05, 4.69) is 27.6 Å². The minimum atomic E-state index is 0.889. The van der Waals surface area contributed by atoms with Crippen LogP contribution >= 0.6 is 11.8 Å². The smallest absolute Gasteiger partial charge is 0.201 e. The average Bonchev–Trinajstić information content (AvgIpc) is 2.80. The molecule has 0 spiro atoms. The van der Waals surface area contributed by atoms with Crippen molar-refractivity contribution in [1.82, 2.24) is 9.97 Å². The molecule has 2 rings (SSSR count). The summed E-state index contributed by atoms with van der Waals surface area (Å²) in [6.07, 6.45) is 7.36. The molecular formula is C14H21N3S. The van der Waals surface area contributed by atoms with Crippen LogP contribution in [0, 0.1) is 0 Å². The Morgan fingerprint density at radius 3 is 2.83 bits per heavy atom. The maximum atomic E-state index is 4.49. The number of H-pyrrole nitrogens is 1. The quantitative estimate of drug-likeness (QED) is 0.710. The van der Waals surface area contributed by atoms with Crippen LogP contribution in [0.5, 0.6) is 0 Å². The number of nitrogens with zero attached hydrogens (tertiary/aromatic N) is 1. The van der Waals surface area contributed by atoms with E-state index in [0.29, 0.717) is 0 Å². The molecule has 1 heterocycles. The molecule has 0 fully saturated rings. The van der Waals surface area contributed by atoms with Crippen molar-refractivity contribution in [2.45, 2.75) is 25.7 Å². The molecule has 4 heteroatoms. The molecule has 3 nitrogen and oxygen atoms in total. The molecule has 0 amide bonds. The van der Waals surface area contributed by atoms with Gasteiger partial charge in [0.25, 0.3) is 0 Å². The lowest BCUT2D eigenvalue weighted by atomic mass is 10.2. The van der Waals surface area contributed by atoms with Crippen LogP contribution in [0.2, 0.25) is 0 Å². The Morgan fingerprint density at radius 2 is 2.00 bits per heavy atom. The van der Waals surface area contributed by atoms with E-state index in [0.717, 1.165) is 23.5 Å². The van der Waals surface area contributed by atoms with Crippen LogP contribution in [0.3, 0.4) is 0 Å². The molecule has 18 heavy (non-hydrogen) atoms. The minimum Gasteiger partial charge on any atom is -0.356 e. The zero-order valence-corrected chi connectivity index (χ0v) is 11.7. The van der Waals surface area contributed by atoms with Gasteiger partial charge in [0, 0.05) is 6.54 Å². The van der Waals surface area contributed by atoms with Gasteiger partial charge in [-0.15, -0.1) is 0 Å². The molecule has 0 radical (unpaired) electrons. The third-order valence-electron chi connectivity index (χ3n) is 2.96. The molecule has 0 unspecified atom stereocenters. The molecule has 1 aromatic carbocycles. The normalized spacial score (nSPS) is 10.9. The SMILES string of the molecule is CSCCCCCCNc1nc2ccccc2[nH]1. The van der Waals surface area contributed by atoms with Crippen molar-refractivity contribution in [2.75, 3.05) is 23.9 Å². The lowest BCUT2D eigenvalue weighted by Gasteiger charge is -2.02. The Morgan fingerprint density at radius 1 is 1.17 bits per heavy atom. The highest BCUT2D eigenvalue weighted by molar-refractivity contribution is 7.98. The first-order valence-corrected chi connectivity index (χ1v) is 7.97. The topological polar surface area (TPSA) is 40.7 Å². The third kappa shape index (κ3) is 3.95. The van der Waals surface area contributed by atoms with Gasteiger partial charge in [-0.3, -0.25) is 0 Å². The Balaban J connectivity index is 1.67. The molecule has 1 aromatic heterocycles. The average molecular weight is 263 g/mol. The number of aromatic amines is 1. The fraction of sp³-hybridized carbons (Fsp3) is 0.500. The molecule has 0 saturated carbocycles. The van der Waals surface area contributed by atoms with E-state index in [1.807, 2.05) is 30.0 Å². The summed E-state index contributed by atoms with van der Waals surface area (Å²) in [4.78, 5) is 7.77. The van der Waals surface area contributed by atoms with Crippen LogP contribution in [0.4, 0.5) is 5.95 Å². The number of nitrogens with one attached hydrogen (secondary N) is 2. The number of thioether (sulfide) groups is 1. The number of hydrogen-bond donors (Lipinski definition) is 2. The first kappa shape index (κ1) is 13.3. The van der Waals surface area contributed by atoms with Crippen LogP contribution in [-0.2, 0) is 0 Å². The Bertz CT molecular complexity index is 434. The highest BCUT2D eigenvalue weighted by Gasteiger charge is 2.00. The standard InChI is InChI=1S/C14H21N3S/c1-18-11-7-3-2-6-10-15-14-16-12-8-4-5-9-13(12)17-14/h4-5,8-9H,2-3,6-7,10-11H2,1H3,(H2,15,16,17). The zero-order chi connectivity index (χ0) is 12.6. The first-order valence-electron chi connectivity index (χ1n) is 6.58. The van der Waals surface area contributed by atoms with E-state index in [1.165, 1.54) is 31.4 Å². The van der Waals surface area contributed by atoms with E-state index < -0.39 is 0 Å². The minimum absolute atomic E-state index is 0.889. The maximum Gasteiger partial charge on any atom is 0.201 e. The van der Waals surface area contributed by atoms with Crippen molar-refractivity contribution >= 4 is 28.7 Å². The predicted octanol–water partition coefficient (Wildman–Crippen LogP) is 3.90. The van der Waals surface area contributed by atoms with Crippen LogP contribution in [0.25, 0.3) is 11.0 Å². The molecule has 0 aliphatic carbocycles. The highest BCUT2D eigenvalue weighted by atomic mass is 32.2. The van der Waals surface area contributed by atoms with Gasteiger partial charge in [0.15, 0.2) is 0 Å². The van der Waals surface area contributed by atoms with E-state index in [1.54, 1.807) is 0 Å². The van der Waals surface area contributed by atoms with Gasteiger partial charge in [0.1, 0.15) is 0 Å². The fourth-order valence-corrected chi connectivity index (χ4v) is 2.46. The molecule has 0 bridgehead atoms. The van der Waals surface area contributed by atoms with E-state index in [4.69, 9.17) is 0 Å². The zero-order valence-electron chi connectivity index (χ0n) is 10.9. The van der Waals surface area contributed by atoms with Gasteiger partial charge in [-0.1, -0.05) is 25.0 Å². The Kier molecular flexibility index (Phi) is 5.39. The largest absolute Gasteiger partial charge is 0.356 e. The summed E-state index contributed by atoms with van der Waals surface area (Å²) in [5.41, 5.74) is 2.12. The number of fused-ring (bicyclic) bond motifs is 1. The first-order chi connectivity index (χ1) is 8.90. The summed E-state index contributed by atoms with van der Waals surface area (Å²) in [6, 6.07) is 8.12. The third-order valence-corrected chi connectivity index (χ3v) is 3.65. The van der Waals surface area contributed by atoms with Crippen molar-refractivity contribution in [1.29, 1.82) is 0 Å². The van der Waals surface area contributed by atoms with Crippen LogP contribution in [-0.4, -0.2) is 28.5 Å². The number of aromatic nitrogens is 2. The van der Waals surface area contributed by atoms with Gasteiger partial charge in [-0.05, 0) is 37.0 Å². The van der Waals surface area contributed by atoms with Crippen molar-refractivity contribution < 1.29 is 0 Å². The number of rotatable bonds is 8. The van der Waals surface area contributed by atoms with E-state index >= 15 is 0 Å². The molecule has 2 N–H and O–H groups in total. The molecule has 2 aromatic rings. The lowest BCUT2D eigenvalue weighted by Crippen LogP contribution is -2.02. The summed E-state index contributed by atoms with van der Waals surface area (Å²) in [5, 5.41) is 3.35. The van der Waals surface area contributed by atoms with Crippen LogP contribution in [0.1, 0.15) is 25.7 Å². The second kappa shape index (κ2) is 7.31. The molecular weight excluding hydrogens is 242 g/mol. The van der Waals surface area contributed by atoms with Gasteiger partial charge in [0.2, 0.25) is 5.95 Å². The second-order valence-electron chi connectivity index (χ2n) is 4.44. The number of unbranched alkanes of at least 4 members (excludes halogenated alkanes) is 3. The maximum absolute atomic E-state index is 4.49. The number of hydrogen-bond acceptors (Lipinski definition) is 3. The van der Waals surface area contributed by atoms with Crippen molar-refractivity contribution in [3.8, 4) is 0 Å². The van der Waals surface area contributed by atoms with Crippen molar-refractivity contribution in [3.63, 3.8) is 0 Å². The molecule has 98 valence electrons. The van der Waals surface area contributed by atoms with Crippen LogP contribution in [0.15, 0.2) is 24.3 Å². The number of imidazole rings is 1. The lowest BCUT2D eigenvalue weighted by molar-refractivity contribution is 0.688. The van der Waals surface area contributed by atoms with Gasteiger partial charge in [-0.25, -0.2) is 4.98 Å². The van der Waals surface area contributed by atoms with Gasteiger partial charge >= 0.3 is 0 Å². The van der Waals surface area contributed by atoms with Gasteiger partial charge < -0.3 is 10.3 Å². The monoisotopic (exact) mass is 263 g/mol.